The molecule has 0 aromatic rings. The molecule has 126 valence electrons. The highest BCUT2D eigenvalue weighted by Crippen LogP contribution is 2.25. The standard InChI is InChI=1S/C13H20O9/c1-6(14)19-10-5-18-13(22-9(4)17)12(21-8(3)16)11(10)20-7(2)15/h6,10-14H,5H2,1-4H3/t6?,10-,11-,12-,13+/m1/s1. The molecule has 0 aromatic heterocycles. The smallest absolute Gasteiger partial charge is 0.305 e. The van der Waals surface area contributed by atoms with Crippen molar-refractivity contribution in [2.45, 2.75) is 58.6 Å². The average molecular weight is 320 g/mol. The van der Waals surface area contributed by atoms with Crippen molar-refractivity contribution in [1.29, 1.82) is 0 Å². The molecule has 22 heavy (non-hydrogen) atoms. The van der Waals surface area contributed by atoms with Crippen molar-refractivity contribution in [3.05, 3.63) is 0 Å². The van der Waals surface area contributed by atoms with Crippen molar-refractivity contribution in [1.82, 2.24) is 0 Å². The highest BCUT2D eigenvalue weighted by Gasteiger charge is 2.47. The summed E-state index contributed by atoms with van der Waals surface area (Å²) in [5, 5.41) is 9.32. The molecule has 0 spiro atoms. The number of hydrogen-bond donors (Lipinski definition) is 1. The second kappa shape index (κ2) is 8.06. The molecule has 1 aliphatic heterocycles. The van der Waals surface area contributed by atoms with Gasteiger partial charge in [0, 0.05) is 20.8 Å². The Morgan fingerprint density at radius 3 is 1.95 bits per heavy atom. The van der Waals surface area contributed by atoms with Crippen molar-refractivity contribution >= 4 is 17.9 Å². The molecule has 1 rings (SSSR count). The van der Waals surface area contributed by atoms with E-state index in [4.69, 9.17) is 23.7 Å². The molecule has 5 atom stereocenters. The fourth-order valence-electron chi connectivity index (χ4n) is 2.03. The lowest BCUT2D eigenvalue weighted by Gasteiger charge is -2.40. The number of esters is 3. The van der Waals surface area contributed by atoms with E-state index in [0.717, 1.165) is 13.8 Å². The zero-order valence-corrected chi connectivity index (χ0v) is 12.8. The Balaban J connectivity index is 3.00. The first kappa shape index (κ1) is 18.3. The zero-order valence-electron chi connectivity index (χ0n) is 12.8. The number of carbonyl (C=O) groups is 3. The molecule has 1 unspecified atom stereocenters. The topological polar surface area (TPSA) is 118 Å². The minimum Gasteiger partial charge on any atom is -0.455 e. The summed E-state index contributed by atoms with van der Waals surface area (Å²) in [4.78, 5) is 33.6. The van der Waals surface area contributed by atoms with Gasteiger partial charge in [0.1, 0.15) is 6.10 Å². The number of rotatable bonds is 5. The summed E-state index contributed by atoms with van der Waals surface area (Å²) in [6.45, 7) is 4.71. The van der Waals surface area contributed by atoms with Gasteiger partial charge in [0.05, 0.1) is 6.61 Å². The molecule has 1 aliphatic rings. The van der Waals surface area contributed by atoms with Crippen LogP contribution >= 0.6 is 0 Å². The zero-order chi connectivity index (χ0) is 16.9. The first-order chi connectivity index (χ1) is 10.2. The Morgan fingerprint density at radius 2 is 1.50 bits per heavy atom. The molecule has 1 N–H and O–H groups in total. The largest absolute Gasteiger partial charge is 0.455 e. The van der Waals surface area contributed by atoms with E-state index in [9.17, 15) is 19.5 Å². The Labute approximate surface area is 127 Å². The summed E-state index contributed by atoms with van der Waals surface area (Å²) in [5.41, 5.74) is 0. The number of aliphatic hydroxyl groups excluding tert-OH is 1. The van der Waals surface area contributed by atoms with Crippen LogP contribution in [0.25, 0.3) is 0 Å². The molecule has 0 radical (unpaired) electrons. The molecule has 0 aromatic carbocycles. The van der Waals surface area contributed by atoms with E-state index in [0.29, 0.717) is 0 Å². The molecule has 1 saturated heterocycles. The Kier molecular flexibility index (Phi) is 6.72. The van der Waals surface area contributed by atoms with Crippen LogP contribution in [0.2, 0.25) is 0 Å². The molecule has 0 amide bonds. The number of ether oxygens (including phenoxy) is 5. The van der Waals surface area contributed by atoms with Gasteiger partial charge in [-0.3, -0.25) is 14.4 Å². The lowest BCUT2D eigenvalue weighted by Crippen LogP contribution is -2.58. The summed E-state index contributed by atoms with van der Waals surface area (Å²) in [6, 6.07) is 0. The van der Waals surface area contributed by atoms with Gasteiger partial charge in [-0.15, -0.1) is 0 Å². The highest BCUT2D eigenvalue weighted by atomic mass is 16.7. The van der Waals surface area contributed by atoms with E-state index in [1.165, 1.54) is 13.8 Å². The van der Waals surface area contributed by atoms with Crippen molar-refractivity contribution < 1.29 is 43.2 Å². The van der Waals surface area contributed by atoms with Gasteiger partial charge in [-0.05, 0) is 6.92 Å². The van der Waals surface area contributed by atoms with Crippen LogP contribution in [0.1, 0.15) is 27.7 Å². The summed E-state index contributed by atoms with van der Waals surface area (Å²) < 4.78 is 25.5. The SMILES string of the molecule is CC(=O)O[C@@H]1OC[C@@H](OC(C)O)[C@@H](OC(C)=O)[C@H]1OC(C)=O. The van der Waals surface area contributed by atoms with Crippen LogP contribution in [-0.4, -0.2) is 60.5 Å². The van der Waals surface area contributed by atoms with Crippen LogP contribution in [-0.2, 0) is 38.1 Å². The molecular weight excluding hydrogens is 300 g/mol. The maximum Gasteiger partial charge on any atom is 0.305 e. The lowest BCUT2D eigenvalue weighted by molar-refractivity contribution is -0.291. The van der Waals surface area contributed by atoms with Gasteiger partial charge in [-0.1, -0.05) is 0 Å². The second-order valence-corrected chi connectivity index (χ2v) is 4.73. The van der Waals surface area contributed by atoms with Crippen molar-refractivity contribution in [2.24, 2.45) is 0 Å². The van der Waals surface area contributed by atoms with E-state index >= 15 is 0 Å². The number of hydrogen-bond acceptors (Lipinski definition) is 9. The molecule has 1 heterocycles. The Hall–Kier alpha value is -1.71. The molecule has 9 heteroatoms. The third-order valence-corrected chi connectivity index (χ3v) is 2.64. The van der Waals surface area contributed by atoms with E-state index in [1.54, 1.807) is 0 Å². The van der Waals surface area contributed by atoms with Gasteiger partial charge < -0.3 is 28.8 Å². The summed E-state index contributed by atoms with van der Waals surface area (Å²) >= 11 is 0. The van der Waals surface area contributed by atoms with Gasteiger partial charge in [-0.25, -0.2) is 0 Å². The van der Waals surface area contributed by atoms with Crippen LogP contribution < -0.4 is 0 Å². The van der Waals surface area contributed by atoms with Crippen molar-refractivity contribution in [3.63, 3.8) is 0 Å². The molecular formula is C13H20O9. The highest BCUT2D eigenvalue weighted by molar-refractivity contribution is 5.68. The van der Waals surface area contributed by atoms with Gasteiger partial charge >= 0.3 is 17.9 Å². The molecule has 0 saturated carbocycles. The summed E-state index contributed by atoms with van der Waals surface area (Å²) in [6.07, 6.45) is -5.58. The summed E-state index contributed by atoms with van der Waals surface area (Å²) in [5.74, 6) is -1.98. The fourth-order valence-corrected chi connectivity index (χ4v) is 2.03. The third kappa shape index (κ3) is 5.58. The van der Waals surface area contributed by atoms with Gasteiger partial charge in [-0.2, -0.15) is 0 Å². The normalized spacial score (nSPS) is 29.3. The van der Waals surface area contributed by atoms with E-state index in [1.807, 2.05) is 0 Å². The Bertz CT molecular complexity index is 420. The maximum atomic E-state index is 11.3. The van der Waals surface area contributed by atoms with Gasteiger partial charge in [0.15, 0.2) is 12.4 Å². The third-order valence-electron chi connectivity index (χ3n) is 2.64. The van der Waals surface area contributed by atoms with Crippen LogP contribution in [0.5, 0.6) is 0 Å². The quantitative estimate of drug-likeness (QED) is 0.406. The van der Waals surface area contributed by atoms with Gasteiger partial charge in [0.2, 0.25) is 12.4 Å². The van der Waals surface area contributed by atoms with Crippen LogP contribution in [0.4, 0.5) is 0 Å². The minimum atomic E-state index is -1.24. The maximum absolute atomic E-state index is 11.3. The predicted octanol–water partition coefficient (Wildman–Crippen LogP) is -0.507. The van der Waals surface area contributed by atoms with Crippen LogP contribution in [0, 0.1) is 0 Å². The number of carbonyl (C=O) groups excluding carboxylic acids is 3. The summed E-state index contributed by atoms with van der Waals surface area (Å²) in [7, 11) is 0. The fraction of sp³-hybridized carbons (Fsp3) is 0.769. The molecule has 0 bridgehead atoms. The van der Waals surface area contributed by atoms with Crippen LogP contribution in [0.15, 0.2) is 0 Å². The first-order valence-corrected chi connectivity index (χ1v) is 6.67. The monoisotopic (exact) mass is 320 g/mol. The van der Waals surface area contributed by atoms with Crippen LogP contribution in [0.3, 0.4) is 0 Å². The van der Waals surface area contributed by atoms with Crippen molar-refractivity contribution in [3.8, 4) is 0 Å². The van der Waals surface area contributed by atoms with Crippen molar-refractivity contribution in [2.75, 3.05) is 6.61 Å². The van der Waals surface area contributed by atoms with E-state index < -0.39 is 48.8 Å². The second-order valence-electron chi connectivity index (χ2n) is 4.73. The van der Waals surface area contributed by atoms with Gasteiger partial charge in [0.25, 0.3) is 0 Å². The average Bonchev–Trinajstić information content (AvgIpc) is 2.34. The number of aliphatic hydroxyl groups is 1. The minimum absolute atomic E-state index is 0.126. The predicted molar refractivity (Wildman–Crippen MR) is 69.2 cm³/mol. The first-order valence-electron chi connectivity index (χ1n) is 6.67. The molecule has 9 nitrogen and oxygen atoms in total. The van der Waals surface area contributed by atoms with E-state index in [2.05, 4.69) is 0 Å². The Morgan fingerprint density at radius 1 is 1.00 bits per heavy atom. The molecule has 1 fully saturated rings. The molecule has 0 aliphatic carbocycles. The lowest BCUT2D eigenvalue weighted by atomic mass is 10.0. The van der Waals surface area contributed by atoms with E-state index in [-0.39, 0.29) is 6.61 Å².